The van der Waals surface area contributed by atoms with Crippen LogP contribution in [-0.4, -0.2) is 18.0 Å². The number of aromatic nitrogens is 1. The van der Waals surface area contributed by atoms with E-state index in [-0.39, 0.29) is 5.82 Å². The Labute approximate surface area is 109 Å². The predicted octanol–water partition coefficient (Wildman–Crippen LogP) is 2.06. The number of rotatable bonds is 3. The van der Waals surface area contributed by atoms with Gasteiger partial charge in [-0.3, -0.25) is 4.79 Å². The Kier molecular flexibility index (Phi) is 3.61. The molecular weight excluding hydrogens is 249 g/mol. The van der Waals surface area contributed by atoms with Crippen molar-refractivity contribution in [2.45, 2.75) is 0 Å². The summed E-state index contributed by atoms with van der Waals surface area (Å²) in [6, 6.07) is 8.76. The van der Waals surface area contributed by atoms with Gasteiger partial charge in [0, 0.05) is 17.3 Å². The van der Waals surface area contributed by atoms with Crippen LogP contribution in [-0.2, 0) is 0 Å². The summed E-state index contributed by atoms with van der Waals surface area (Å²) in [6.45, 7) is 0. The third-order valence-electron chi connectivity index (χ3n) is 2.38. The summed E-state index contributed by atoms with van der Waals surface area (Å²) in [5.41, 5.74) is 6.36. The Morgan fingerprint density at radius 3 is 2.84 bits per heavy atom. The molecule has 0 fully saturated rings. The van der Waals surface area contributed by atoms with E-state index in [9.17, 15) is 9.18 Å². The van der Waals surface area contributed by atoms with Gasteiger partial charge in [-0.05, 0) is 24.3 Å². The van der Waals surface area contributed by atoms with Gasteiger partial charge in [0.05, 0.1) is 7.11 Å². The van der Waals surface area contributed by atoms with Crippen molar-refractivity contribution in [2.75, 3.05) is 18.2 Å². The Morgan fingerprint density at radius 2 is 2.16 bits per heavy atom. The number of carbonyl (C=O) groups excluding carboxylic acids is 1. The minimum atomic E-state index is -0.664. The van der Waals surface area contributed by atoms with Crippen molar-refractivity contribution in [2.24, 2.45) is 0 Å². The lowest BCUT2D eigenvalue weighted by molar-refractivity contribution is 0.102. The molecule has 1 aromatic heterocycles. The molecule has 19 heavy (non-hydrogen) atoms. The van der Waals surface area contributed by atoms with Gasteiger partial charge in [0.1, 0.15) is 11.6 Å². The van der Waals surface area contributed by atoms with E-state index in [1.54, 1.807) is 6.07 Å². The number of methoxy groups -OCH3 is 1. The number of nitrogens with one attached hydrogen (secondary N) is 1. The summed E-state index contributed by atoms with van der Waals surface area (Å²) in [5, 5.41) is 2.48. The van der Waals surface area contributed by atoms with Crippen molar-refractivity contribution in [3.8, 4) is 5.75 Å². The van der Waals surface area contributed by atoms with Gasteiger partial charge in [0.2, 0.25) is 5.95 Å². The maximum Gasteiger partial charge on any atom is 0.257 e. The maximum atomic E-state index is 12.9. The summed E-state index contributed by atoms with van der Waals surface area (Å²) >= 11 is 0. The standard InChI is InChI=1S/C13H12FN3O2/c1-19-10-6-8(5-9(15)7-10)13(18)17-12-4-2-3-11(14)16-12/h2-7H,15H2,1H3,(H,16,17,18). The molecule has 5 nitrogen and oxygen atoms in total. The molecule has 0 atom stereocenters. The number of ether oxygens (including phenoxy) is 1. The summed E-state index contributed by atoms with van der Waals surface area (Å²) in [5.74, 6) is -0.504. The predicted molar refractivity (Wildman–Crippen MR) is 69.6 cm³/mol. The summed E-state index contributed by atoms with van der Waals surface area (Å²) in [6.07, 6.45) is 0. The fraction of sp³-hybridized carbons (Fsp3) is 0.0769. The van der Waals surface area contributed by atoms with E-state index in [1.165, 1.54) is 37.4 Å². The number of hydrogen-bond acceptors (Lipinski definition) is 4. The number of carbonyl (C=O) groups is 1. The van der Waals surface area contributed by atoms with E-state index in [2.05, 4.69) is 10.3 Å². The van der Waals surface area contributed by atoms with Gasteiger partial charge >= 0.3 is 0 Å². The average molecular weight is 261 g/mol. The first-order valence-corrected chi connectivity index (χ1v) is 5.47. The number of nitrogens with zero attached hydrogens (tertiary/aromatic N) is 1. The molecular formula is C13H12FN3O2. The minimum absolute atomic E-state index is 0.131. The van der Waals surface area contributed by atoms with Crippen LogP contribution in [0.3, 0.4) is 0 Å². The van der Waals surface area contributed by atoms with Crippen molar-refractivity contribution in [1.29, 1.82) is 0 Å². The second-order valence-corrected chi connectivity index (χ2v) is 3.79. The normalized spacial score (nSPS) is 10.0. The topological polar surface area (TPSA) is 77.2 Å². The lowest BCUT2D eigenvalue weighted by atomic mass is 10.1. The smallest absolute Gasteiger partial charge is 0.257 e. The number of benzene rings is 1. The first-order valence-electron chi connectivity index (χ1n) is 5.47. The highest BCUT2D eigenvalue weighted by Gasteiger charge is 2.09. The zero-order valence-electron chi connectivity index (χ0n) is 10.2. The Hall–Kier alpha value is -2.63. The molecule has 6 heteroatoms. The van der Waals surface area contributed by atoms with Gasteiger partial charge in [0.15, 0.2) is 0 Å². The van der Waals surface area contributed by atoms with Gasteiger partial charge in [0.25, 0.3) is 5.91 Å². The third kappa shape index (κ3) is 3.19. The highest BCUT2D eigenvalue weighted by atomic mass is 19.1. The fourth-order valence-electron chi connectivity index (χ4n) is 1.54. The maximum absolute atomic E-state index is 12.9. The number of pyridine rings is 1. The highest BCUT2D eigenvalue weighted by Crippen LogP contribution is 2.19. The first-order chi connectivity index (χ1) is 9.08. The lowest BCUT2D eigenvalue weighted by Crippen LogP contribution is -2.13. The van der Waals surface area contributed by atoms with E-state index in [4.69, 9.17) is 10.5 Å². The molecule has 0 saturated carbocycles. The van der Waals surface area contributed by atoms with Crippen molar-refractivity contribution in [3.05, 3.63) is 47.9 Å². The molecule has 0 aliphatic heterocycles. The van der Waals surface area contributed by atoms with Crippen molar-refractivity contribution >= 4 is 17.4 Å². The van der Waals surface area contributed by atoms with Crippen molar-refractivity contribution < 1.29 is 13.9 Å². The number of halogens is 1. The SMILES string of the molecule is COc1cc(N)cc(C(=O)Nc2cccc(F)n2)c1. The zero-order chi connectivity index (χ0) is 13.8. The third-order valence-corrected chi connectivity index (χ3v) is 2.38. The summed E-state index contributed by atoms with van der Waals surface area (Å²) in [7, 11) is 1.48. The van der Waals surface area contributed by atoms with Crippen LogP contribution in [0.2, 0.25) is 0 Å². The van der Waals surface area contributed by atoms with E-state index in [0.717, 1.165) is 0 Å². The van der Waals surface area contributed by atoms with Gasteiger partial charge < -0.3 is 15.8 Å². The number of anilines is 2. The Morgan fingerprint density at radius 1 is 1.37 bits per heavy atom. The van der Waals surface area contributed by atoms with E-state index < -0.39 is 11.9 Å². The molecule has 98 valence electrons. The summed E-state index contributed by atoms with van der Waals surface area (Å²) < 4.78 is 17.9. The molecule has 1 aromatic carbocycles. The molecule has 0 aliphatic carbocycles. The highest BCUT2D eigenvalue weighted by molar-refractivity contribution is 6.04. The fourth-order valence-corrected chi connectivity index (χ4v) is 1.54. The van der Waals surface area contributed by atoms with Gasteiger partial charge in [-0.15, -0.1) is 0 Å². The van der Waals surface area contributed by atoms with Gasteiger partial charge in [-0.25, -0.2) is 4.98 Å². The quantitative estimate of drug-likeness (QED) is 0.655. The van der Waals surface area contributed by atoms with E-state index in [0.29, 0.717) is 17.0 Å². The van der Waals surface area contributed by atoms with Crippen molar-refractivity contribution in [3.63, 3.8) is 0 Å². The molecule has 0 aliphatic rings. The van der Waals surface area contributed by atoms with Crippen LogP contribution in [0.5, 0.6) is 5.75 Å². The first kappa shape index (κ1) is 12.8. The van der Waals surface area contributed by atoms with Crippen LogP contribution in [0, 0.1) is 5.95 Å². The zero-order valence-corrected chi connectivity index (χ0v) is 10.2. The van der Waals surface area contributed by atoms with E-state index >= 15 is 0 Å². The Balaban J connectivity index is 2.22. The molecule has 0 bridgehead atoms. The van der Waals surface area contributed by atoms with E-state index in [1.807, 2.05) is 0 Å². The van der Waals surface area contributed by atoms with Gasteiger partial charge in [-0.1, -0.05) is 6.07 Å². The Bertz CT molecular complexity index is 617. The number of amides is 1. The lowest BCUT2D eigenvalue weighted by Gasteiger charge is -2.07. The second kappa shape index (κ2) is 5.34. The van der Waals surface area contributed by atoms with Crippen molar-refractivity contribution in [1.82, 2.24) is 4.98 Å². The molecule has 1 heterocycles. The molecule has 2 rings (SSSR count). The van der Waals surface area contributed by atoms with Gasteiger partial charge in [-0.2, -0.15) is 4.39 Å². The average Bonchev–Trinajstić information content (AvgIpc) is 2.38. The molecule has 1 amide bonds. The molecule has 0 radical (unpaired) electrons. The summed E-state index contributed by atoms with van der Waals surface area (Å²) in [4.78, 5) is 15.5. The van der Waals surface area contributed by atoms with Crippen LogP contribution in [0.1, 0.15) is 10.4 Å². The van der Waals surface area contributed by atoms with Crippen LogP contribution in [0.25, 0.3) is 0 Å². The minimum Gasteiger partial charge on any atom is -0.497 e. The molecule has 3 N–H and O–H groups in total. The number of nitrogen functional groups attached to an aromatic ring is 1. The monoisotopic (exact) mass is 261 g/mol. The number of nitrogens with two attached hydrogens (primary N) is 1. The van der Waals surface area contributed by atoms with Crippen LogP contribution in [0.15, 0.2) is 36.4 Å². The largest absolute Gasteiger partial charge is 0.497 e. The van der Waals surface area contributed by atoms with Crippen LogP contribution < -0.4 is 15.8 Å². The second-order valence-electron chi connectivity index (χ2n) is 3.79. The molecule has 2 aromatic rings. The number of hydrogen-bond donors (Lipinski definition) is 2. The van der Waals surface area contributed by atoms with Crippen LogP contribution >= 0.6 is 0 Å². The van der Waals surface area contributed by atoms with Crippen LogP contribution in [0.4, 0.5) is 15.9 Å². The molecule has 0 spiro atoms. The molecule has 0 unspecified atom stereocenters. The molecule has 0 saturated heterocycles.